The Morgan fingerprint density at radius 1 is 1.14 bits per heavy atom. The van der Waals surface area contributed by atoms with Gasteiger partial charge in [-0.15, -0.1) is 0 Å². The van der Waals surface area contributed by atoms with E-state index in [2.05, 4.69) is 46.8 Å². The number of rotatable bonds is 6. The lowest BCUT2D eigenvalue weighted by Gasteiger charge is -2.04. The molecule has 0 heterocycles. The van der Waals surface area contributed by atoms with Crippen molar-refractivity contribution in [3.05, 3.63) is 23.3 Å². The third kappa shape index (κ3) is 9.53. The average Bonchev–Trinajstić information content (AvgIpc) is 2.02. The Balaban J connectivity index is 3.62. The maximum absolute atomic E-state index is 5.45. The maximum atomic E-state index is 5.45. The summed E-state index contributed by atoms with van der Waals surface area (Å²) in [6.07, 6.45) is 7.08. The third-order valence-electron chi connectivity index (χ3n) is 1.95. The first-order chi connectivity index (χ1) is 6.52. The topological polar surface area (TPSA) is 9.23 Å². The van der Waals surface area contributed by atoms with Gasteiger partial charge in [-0.1, -0.05) is 23.3 Å². The highest BCUT2D eigenvalue weighted by atomic mass is 16.5. The summed E-state index contributed by atoms with van der Waals surface area (Å²) in [6, 6.07) is 0. The zero-order valence-electron chi connectivity index (χ0n) is 10.3. The maximum Gasteiger partial charge on any atom is 0.0653 e. The summed E-state index contributed by atoms with van der Waals surface area (Å²) in [7, 11) is 0. The molecule has 0 saturated carbocycles. The SMILES string of the molecule is CC(C)=CCC/C(C)=C\COC(C)C. The van der Waals surface area contributed by atoms with Crippen LogP contribution in [-0.2, 0) is 4.74 Å². The molecule has 0 unspecified atom stereocenters. The van der Waals surface area contributed by atoms with Gasteiger partial charge in [0, 0.05) is 0 Å². The highest BCUT2D eigenvalue weighted by Crippen LogP contribution is 2.06. The van der Waals surface area contributed by atoms with Crippen LogP contribution >= 0.6 is 0 Å². The number of allylic oxidation sites excluding steroid dienone is 3. The van der Waals surface area contributed by atoms with E-state index in [9.17, 15) is 0 Å². The van der Waals surface area contributed by atoms with Gasteiger partial charge in [-0.05, 0) is 47.5 Å². The van der Waals surface area contributed by atoms with E-state index < -0.39 is 0 Å². The molecule has 14 heavy (non-hydrogen) atoms. The quantitative estimate of drug-likeness (QED) is 0.581. The van der Waals surface area contributed by atoms with Crippen molar-refractivity contribution >= 4 is 0 Å². The fourth-order valence-corrected chi connectivity index (χ4v) is 1.07. The van der Waals surface area contributed by atoms with Gasteiger partial charge in [-0.2, -0.15) is 0 Å². The second kappa shape index (κ2) is 7.81. The molecule has 0 bridgehead atoms. The molecule has 0 radical (unpaired) electrons. The Kier molecular flexibility index (Phi) is 7.50. The van der Waals surface area contributed by atoms with Crippen LogP contribution in [0, 0.1) is 0 Å². The molecule has 0 aromatic heterocycles. The second-order valence-corrected chi connectivity index (χ2v) is 4.25. The Morgan fingerprint density at radius 2 is 1.79 bits per heavy atom. The predicted molar refractivity (Wildman–Crippen MR) is 63.5 cm³/mol. The van der Waals surface area contributed by atoms with Crippen molar-refractivity contribution < 1.29 is 4.74 Å². The summed E-state index contributed by atoms with van der Waals surface area (Å²) in [5.74, 6) is 0. The highest BCUT2D eigenvalue weighted by molar-refractivity contribution is 5.02. The largest absolute Gasteiger partial charge is 0.375 e. The molecule has 0 rings (SSSR count). The van der Waals surface area contributed by atoms with Crippen LogP contribution in [0.5, 0.6) is 0 Å². The van der Waals surface area contributed by atoms with Crippen molar-refractivity contribution in [2.45, 2.75) is 53.6 Å². The minimum absolute atomic E-state index is 0.330. The Hall–Kier alpha value is -0.560. The summed E-state index contributed by atoms with van der Waals surface area (Å²) in [5.41, 5.74) is 2.82. The summed E-state index contributed by atoms with van der Waals surface area (Å²) >= 11 is 0. The van der Waals surface area contributed by atoms with E-state index in [1.165, 1.54) is 11.1 Å². The molecule has 0 fully saturated rings. The number of hydrogen-bond acceptors (Lipinski definition) is 1. The van der Waals surface area contributed by atoms with Gasteiger partial charge in [0.25, 0.3) is 0 Å². The lowest BCUT2D eigenvalue weighted by Crippen LogP contribution is -2.01. The molecule has 1 heteroatoms. The van der Waals surface area contributed by atoms with Crippen molar-refractivity contribution in [3.63, 3.8) is 0 Å². The lowest BCUT2D eigenvalue weighted by atomic mass is 10.1. The normalized spacial score (nSPS) is 12.0. The molecule has 0 aromatic rings. The molecule has 0 saturated heterocycles. The minimum Gasteiger partial charge on any atom is -0.375 e. The van der Waals surface area contributed by atoms with Gasteiger partial charge >= 0.3 is 0 Å². The van der Waals surface area contributed by atoms with Gasteiger partial charge in [0.1, 0.15) is 0 Å². The van der Waals surface area contributed by atoms with Crippen molar-refractivity contribution in [2.24, 2.45) is 0 Å². The smallest absolute Gasteiger partial charge is 0.0653 e. The van der Waals surface area contributed by atoms with E-state index in [1.54, 1.807) is 0 Å². The molecule has 0 amide bonds. The summed E-state index contributed by atoms with van der Waals surface area (Å²) in [4.78, 5) is 0. The minimum atomic E-state index is 0.330. The fraction of sp³-hybridized carbons (Fsp3) is 0.692. The van der Waals surface area contributed by atoms with E-state index in [-0.39, 0.29) is 0 Å². The zero-order valence-corrected chi connectivity index (χ0v) is 10.3. The van der Waals surface area contributed by atoms with E-state index >= 15 is 0 Å². The van der Waals surface area contributed by atoms with Gasteiger partial charge in [0.05, 0.1) is 12.7 Å². The molecule has 82 valence electrons. The molecule has 0 aliphatic carbocycles. The van der Waals surface area contributed by atoms with Gasteiger partial charge < -0.3 is 4.74 Å². The van der Waals surface area contributed by atoms with E-state index in [4.69, 9.17) is 4.74 Å². The Labute approximate surface area is 88.9 Å². The molecule has 0 aromatic carbocycles. The monoisotopic (exact) mass is 196 g/mol. The first-order valence-electron chi connectivity index (χ1n) is 5.43. The van der Waals surface area contributed by atoms with Crippen LogP contribution in [0.3, 0.4) is 0 Å². The molecular formula is C13H24O. The summed E-state index contributed by atoms with van der Waals surface area (Å²) < 4.78 is 5.45. The summed E-state index contributed by atoms with van der Waals surface area (Å²) in [6.45, 7) is 11.3. The van der Waals surface area contributed by atoms with Gasteiger partial charge in [-0.3, -0.25) is 0 Å². The standard InChI is InChI=1S/C13H24O/c1-11(2)7-6-8-13(5)9-10-14-12(3)4/h7,9,12H,6,8,10H2,1-5H3/b13-9-. The molecule has 0 aliphatic rings. The van der Waals surface area contributed by atoms with E-state index in [1.807, 2.05) is 0 Å². The Bertz CT molecular complexity index is 195. The number of ether oxygens (including phenoxy) is 1. The second-order valence-electron chi connectivity index (χ2n) is 4.25. The van der Waals surface area contributed by atoms with Gasteiger partial charge in [0.15, 0.2) is 0 Å². The molecule has 0 atom stereocenters. The van der Waals surface area contributed by atoms with Crippen LogP contribution in [-0.4, -0.2) is 12.7 Å². The lowest BCUT2D eigenvalue weighted by molar-refractivity contribution is 0.102. The molecule has 0 aliphatic heterocycles. The van der Waals surface area contributed by atoms with Crippen molar-refractivity contribution in [1.82, 2.24) is 0 Å². The first kappa shape index (κ1) is 13.4. The van der Waals surface area contributed by atoms with Crippen LogP contribution in [0.1, 0.15) is 47.5 Å². The first-order valence-corrected chi connectivity index (χ1v) is 5.43. The molecular weight excluding hydrogens is 172 g/mol. The fourth-order valence-electron chi connectivity index (χ4n) is 1.07. The van der Waals surface area contributed by atoms with Crippen LogP contribution in [0.25, 0.3) is 0 Å². The zero-order chi connectivity index (χ0) is 11.0. The van der Waals surface area contributed by atoms with Crippen LogP contribution in [0.15, 0.2) is 23.3 Å². The third-order valence-corrected chi connectivity index (χ3v) is 1.95. The van der Waals surface area contributed by atoms with Gasteiger partial charge in [0.2, 0.25) is 0 Å². The molecule has 1 nitrogen and oxygen atoms in total. The van der Waals surface area contributed by atoms with Crippen LogP contribution < -0.4 is 0 Å². The predicted octanol–water partition coefficient (Wildman–Crippen LogP) is 4.10. The highest BCUT2D eigenvalue weighted by Gasteiger charge is 1.91. The van der Waals surface area contributed by atoms with Crippen molar-refractivity contribution in [3.8, 4) is 0 Å². The Morgan fingerprint density at radius 3 is 2.29 bits per heavy atom. The van der Waals surface area contributed by atoms with E-state index in [0.717, 1.165) is 19.4 Å². The number of hydrogen-bond donors (Lipinski definition) is 0. The van der Waals surface area contributed by atoms with Crippen molar-refractivity contribution in [2.75, 3.05) is 6.61 Å². The van der Waals surface area contributed by atoms with Crippen molar-refractivity contribution in [1.29, 1.82) is 0 Å². The van der Waals surface area contributed by atoms with Crippen LogP contribution in [0.4, 0.5) is 0 Å². The average molecular weight is 196 g/mol. The van der Waals surface area contributed by atoms with Crippen LogP contribution in [0.2, 0.25) is 0 Å². The summed E-state index contributed by atoms with van der Waals surface area (Å²) in [5, 5.41) is 0. The van der Waals surface area contributed by atoms with Gasteiger partial charge in [-0.25, -0.2) is 0 Å². The van der Waals surface area contributed by atoms with E-state index in [0.29, 0.717) is 6.10 Å². The molecule has 0 N–H and O–H groups in total. The molecule has 0 spiro atoms.